The van der Waals surface area contributed by atoms with Gasteiger partial charge in [-0.15, -0.1) is 12.4 Å². The molecule has 1 amide bonds. The Morgan fingerprint density at radius 1 is 1.19 bits per heavy atom. The molecule has 0 aromatic heterocycles. The molecule has 0 aliphatic carbocycles. The van der Waals surface area contributed by atoms with Crippen molar-refractivity contribution in [2.75, 3.05) is 13.1 Å². The lowest BCUT2D eigenvalue weighted by Gasteiger charge is -2.35. The van der Waals surface area contributed by atoms with Crippen LogP contribution in [0.5, 0.6) is 5.75 Å². The highest BCUT2D eigenvalue weighted by Gasteiger charge is 2.26. The Balaban J connectivity index is 0.00000243. The lowest BCUT2D eigenvalue weighted by Crippen LogP contribution is -2.47. The highest BCUT2D eigenvalue weighted by Crippen LogP contribution is 2.20. The summed E-state index contributed by atoms with van der Waals surface area (Å²) in [5, 5.41) is 0. The zero-order valence-corrected chi connectivity index (χ0v) is 15.4. The molecular weight excluding hydrogens is 355 g/mol. The molecule has 1 fully saturated rings. The minimum atomic E-state index is -0.334. The van der Waals surface area contributed by atoms with Crippen LogP contribution in [0, 0.1) is 5.82 Å². The van der Waals surface area contributed by atoms with Gasteiger partial charge >= 0.3 is 0 Å². The number of piperidine rings is 1. The zero-order valence-electron chi connectivity index (χ0n) is 14.6. The van der Waals surface area contributed by atoms with Crippen LogP contribution in [0.15, 0.2) is 48.5 Å². The molecule has 2 N–H and O–H groups in total. The van der Waals surface area contributed by atoms with Crippen molar-refractivity contribution in [3.05, 3.63) is 65.5 Å². The van der Waals surface area contributed by atoms with Crippen molar-refractivity contribution in [1.29, 1.82) is 0 Å². The third kappa shape index (κ3) is 4.96. The Morgan fingerprint density at radius 2 is 2.00 bits per heavy atom. The molecule has 1 unspecified atom stereocenters. The van der Waals surface area contributed by atoms with E-state index in [0.29, 0.717) is 17.9 Å². The zero-order chi connectivity index (χ0) is 17.6. The van der Waals surface area contributed by atoms with Crippen molar-refractivity contribution in [2.24, 2.45) is 5.73 Å². The second-order valence-electron chi connectivity index (χ2n) is 6.33. The number of nitrogens with two attached hydrogens (primary N) is 1. The van der Waals surface area contributed by atoms with Crippen LogP contribution in [0.1, 0.15) is 35.2 Å². The molecule has 1 saturated heterocycles. The molecule has 0 radical (unpaired) electrons. The largest absolute Gasteiger partial charge is 0.489 e. The number of rotatable bonds is 5. The summed E-state index contributed by atoms with van der Waals surface area (Å²) in [4.78, 5) is 14.7. The van der Waals surface area contributed by atoms with Gasteiger partial charge in [-0.05, 0) is 49.1 Å². The summed E-state index contributed by atoms with van der Waals surface area (Å²) in [6.07, 6.45) is 3.10. The van der Waals surface area contributed by atoms with Gasteiger partial charge in [-0.1, -0.05) is 18.2 Å². The van der Waals surface area contributed by atoms with E-state index in [0.717, 1.165) is 31.4 Å². The Hall–Kier alpha value is -2.11. The first-order valence-electron chi connectivity index (χ1n) is 8.65. The van der Waals surface area contributed by atoms with Gasteiger partial charge in [0.05, 0.1) is 0 Å². The first-order valence-corrected chi connectivity index (χ1v) is 8.65. The highest BCUT2D eigenvalue weighted by atomic mass is 35.5. The predicted octanol–water partition coefficient (Wildman–Crippen LogP) is 3.78. The third-order valence-corrected chi connectivity index (χ3v) is 4.54. The fourth-order valence-corrected chi connectivity index (χ4v) is 3.20. The first-order chi connectivity index (χ1) is 12.2. The van der Waals surface area contributed by atoms with E-state index in [1.54, 1.807) is 12.1 Å². The van der Waals surface area contributed by atoms with E-state index in [1.807, 2.05) is 29.2 Å². The summed E-state index contributed by atoms with van der Waals surface area (Å²) < 4.78 is 18.8. The van der Waals surface area contributed by atoms with Gasteiger partial charge in [-0.3, -0.25) is 4.79 Å². The average molecular weight is 379 g/mol. The van der Waals surface area contributed by atoms with Crippen molar-refractivity contribution >= 4 is 18.3 Å². The second kappa shape index (κ2) is 9.55. The smallest absolute Gasteiger partial charge is 0.254 e. The lowest BCUT2D eigenvalue weighted by molar-refractivity contribution is 0.0623. The molecule has 1 aliphatic rings. The number of hydrogen-bond donors (Lipinski definition) is 1. The first kappa shape index (κ1) is 20.2. The van der Waals surface area contributed by atoms with E-state index in [1.165, 1.54) is 12.1 Å². The minimum Gasteiger partial charge on any atom is -0.489 e. The molecule has 1 atom stereocenters. The number of likely N-dealkylation sites (tertiary alicyclic amines) is 1. The van der Waals surface area contributed by atoms with E-state index >= 15 is 0 Å². The van der Waals surface area contributed by atoms with Crippen LogP contribution in [0.2, 0.25) is 0 Å². The molecule has 1 heterocycles. The molecule has 26 heavy (non-hydrogen) atoms. The number of carbonyl (C=O) groups excluding carboxylic acids is 1. The summed E-state index contributed by atoms with van der Waals surface area (Å²) in [5.41, 5.74) is 7.33. The van der Waals surface area contributed by atoms with Gasteiger partial charge in [0.15, 0.2) is 0 Å². The highest BCUT2D eigenvalue weighted by molar-refractivity contribution is 5.94. The van der Waals surface area contributed by atoms with E-state index < -0.39 is 0 Å². The Kier molecular flexibility index (Phi) is 7.42. The molecule has 140 valence electrons. The number of amides is 1. The van der Waals surface area contributed by atoms with Gasteiger partial charge in [-0.25, -0.2) is 4.39 Å². The summed E-state index contributed by atoms with van der Waals surface area (Å²) in [6.45, 7) is 1.53. The third-order valence-electron chi connectivity index (χ3n) is 4.54. The van der Waals surface area contributed by atoms with Crippen molar-refractivity contribution in [2.45, 2.75) is 31.9 Å². The van der Waals surface area contributed by atoms with E-state index in [-0.39, 0.29) is 36.8 Å². The summed E-state index contributed by atoms with van der Waals surface area (Å²) in [5.74, 6) is 0.151. The van der Waals surface area contributed by atoms with Crippen LogP contribution in [-0.4, -0.2) is 29.9 Å². The molecule has 2 aromatic rings. The average Bonchev–Trinajstić information content (AvgIpc) is 2.66. The monoisotopic (exact) mass is 378 g/mol. The number of nitrogens with zero attached hydrogens (tertiary/aromatic N) is 1. The maximum absolute atomic E-state index is 13.2. The standard InChI is InChI=1S/C20H23FN2O2.ClH/c21-17-7-4-9-19(12-17)25-14-15-5-3-6-16(11-15)20(24)23-10-2-1-8-18(23)13-22;/h3-7,9,11-12,18H,1-2,8,10,13-14,22H2;1H. The SMILES string of the molecule is Cl.NCC1CCCCN1C(=O)c1cccc(COc2cccc(F)c2)c1. The molecule has 0 spiro atoms. The fourth-order valence-electron chi connectivity index (χ4n) is 3.20. The van der Waals surface area contributed by atoms with Gasteiger partial charge in [0, 0.05) is 30.8 Å². The maximum Gasteiger partial charge on any atom is 0.254 e. The van der Waals surface area contributed by atoms with Crippen molar-refractivity contribution in [3.63, 3.8) is 0 Å². The van der Waals surface area contributed by atoms with Gasteiger partial charge < -0.3 is 15.4 Å². The number of hydrogen-bond acceptors (Lipinski definition) is 3. The molecule has 1 aliphatic heterocycles. The Bertz CT molecular complexity index is 741. The van der Waals surface area contributed by atoms with E-state index in [9.17, 15) is 9.18 Å². The predicted molar refractivity (Wildman–Crippen MR) is 102 cm³/mol. The summed E-state index contributed by atoms with van der Waals surface area (Å²) in [6, 6.07) is 13.5. The van der Waals surface area contributed by atoms with Crippen LogP contribution in [0.4, 0.5) is 4.39 Å². The second-order valence-corrected chi connectivity index (χ2v) is 6.33. The number of ether oxygens (including phenoxy) is 1. The fraction of sp³-hybridized carbons (Fsp3) is 0.350. The van der Waals surface area contributed by atoms with Gasteiger partial charge in [-0.2, -0.15) is 0 Å². The topological polar surface area (TPSA) is 55.6 Å². The Labute approximate surface area is 159 Å². The van der Waals surface area contributed by atoms with Crippen molar-refractivity contribution in [1.82, 2.24) is 4.90 Å². The van der Waals surface area contributed by atoms with E-state index in [4.69, 9.17) is 10.5 Å². The molecule has 4 nitrogen and oxygen atoms in total. The molecule has 0 saturated carbocycles. The van der Waals surface area contributed by atoms with Crippen LogP contribution in [-0.2, 0) is 6.61 Å². The van der Waals surface area contributed by atoms with E-state index in [2.05, 4.69) is 0 Å². The van der Waals surface area contributed by atoms with Crippen molar-refractivity contribution < 1.29 is 13.9 Å². The van der Waals surface area contributed by atoms with Crippen LogP contribution >= 0.6 is 12.4 Å². The molecule has 2 aromatic carbocycles. The van der Waals surface area contributed by atoms with Crippen LogP contribution in [0.25, 0.3) is 0 Å². The molecule has 0 bridgehead atoms. The number of benzene rings is 2. The van der Waals surface area contributed by atoms with Gasteiger partial charge in [0.1, 0.15) is 18.2 Å². The van der Waals surface area contributed by atoms with Crippen LogP contribution in [0.3, 0.4) is 0 Å². The normalized spacial score (nSPS) is 16.7. The van der Waals surface area contributed by atoms with Gasteiger partial charge in [0.25, 0.3) is 5.91 Å². The summed E-state index contributed by atoms with van der Waals surface area (Å²) >= 11 is 0. The lowest BCUT2D eigenvalue weighted by atomic mass is 10.0. The minimum absolute atomic E-state index is 0. The number of carbonyl (C=O) groups is 1. The maximum atomic E-state index is 13.2. The number of halogens is 2. The Morgan fingerprint density at radius 3 is 2.77 bits per heavy atom. The van der Waals surface area contributed by atoms with Gasteiger partial charge in [0.2, 0.25) is 0 Å². The quantitative estimate of drug-likeness (QED) is 0.861. The molecule has 3 rings (SSSR count). The summed E-state index contributed by atoms with van der Waals surface area (Å²) in [7, 11) is 0. The molecular formula is C20H24ClFN2O2. The molecule has 6 heteroatoms. The van der Waals surface area contributed by atoms with Crippen LogP contribution < -0.4 is 10.5 Å². The van der Waals surface area contributed by atoms with Crippen molar-refractivity contribution in [3.8, 4) is 5.75 Å².